The van der Waals surface area contributed by atoms with Crippen LogP contribution in [0.4, 0.5) is 0 Å². The molecule has 1 amide bonds. The normalized spacial score (nSPS) is 9.33. The van der Waals surface area contributed by atoms with Crippen molar-refractivity contribution in [3.8, 4) is 0 Å². The molecule has 0 atom stereocenters. The maximum Gasteiger partial charge on any atom is 1.00 e. The van der Waals surface area contributed by atoms with Gasteiger partial charge in [0, 0.05) is 6.08 Å². The molecule has 12 heavy (non-hydrogen) atoms. The van der Waals surface area contributed by atoms with Gasteiger partial charge in [0.15, 0.2) is 0 Å². The Labute approximate surface area is 95.2 Å². The van der Waals surface area contributed by atoms with Gasteiger partial charge in [-0.3, -0.25) is 4.79 Å². The Balaban J connectivity index is 0. The van der Waals surface area contributed by atoms with Gasteiger partial charge in [0.25, 0.3) is 0 Å². The fourth-order valence-corrected chi connectivity index (χ4v) is 0.743. The Kier molecular flexibility index (Phi) is 5.72. The molecule has 1 aromatic rings. The van der Waals surface area contributed by atoms with E-state index in [1.165, 1.54) is 6.08 Å². The van der Waals surface area contributed by atoms with Crippen molar-refractivity contribution in [2.75, 3.05) is 0 Å². The van der Waals surface area contributed by atoms with E-state index in [9.17, 15) is 4.79 Å². The van der Waals surface area contributed by atoms with Crippen molar-refractivity contribution in [1.29, 1.82) is 0 Å². The number of hydrogen-bond donors (Lipinski definition) is 1. The van der Waals surface area contributed by atoms with Crippen LogP contribution < -0.4 is 35.3 Å². The number of hydrogen-bond acceptors (Lipinski definition) is 1. The molecule has 0 fully saturated rings. The first-order valence-electron chi connectivity index (χ1n) is 3.31. The zero-order valence-corrected chi connectivity index (χ0v) is 9.03. The van der Waals surface area contributed by atoms with Crippen molar-refractivity contribution in [3.63, 3.8) is 0 Å². The maximum absolute atomic E-state index is 10.3. The van der Waals surface area contributed by atoms with Crippen LogP contribution in [0.15, 0.2) is 36.4 Å². The molecule has 0 saturated heterocycles. The van der Waals surface area contributed by atoms with Crippen LogP contribution in [0.3, 0.4) is 0 Å². The van der Waals surface area contributed by atoms with Crippen LogP contribution >= 0.6 is 0 Å². The molecule has 3 heteroatoms. The largest absolute Gasteiger partial charge is 1.00 e. The summed E-state index contributed by atoms with van der Waals surface area (Å²) < 4.78 is 0. The summed E-state index contributed by atoms with van der Waals surface area (Å²) >= 11 is 0. The summed E-state index contributed by atoms with van der Waals surface area (Å²) in [4.78, 5) is 10.3. The van der Waals surface area contributed by atoms with Gasteiger partial charge in [0.05, 0.1) is 0 Å². The minimum Gasteiger partial charge on any atom is -1.00 e. The Bertz CT molecular complexity index is 274. The molecule has 0 heterocycles. The molecule has 2 N–H and O–H groups in total. The molecule has 1 aromatic carbocycles. The van der Waals surface area contributed by atoms with Crippen LogP contribution in [0.2, 0.25) is 0 Å². The smallest absolute Gasteiger partial charge is 1.00 e. The van der Waals surface area contributed by atoms with Gasteiger partial charge in [-0.15, -0.1) is 0 Å². The number of carbonyl (C=O) groups is 1. The quantitative estimate of drug-likeness (QED) is 0.418. The van der Waals surface area contributed by atoms with Gasteiger partial charge >= 0.3 is 29.6 Å². The molecule has 1 rings (SSSR count). The van der Waals surface area contributed by atoms with E-state index < -0.39 is 5.91 Å². The molecule has 0 radical (unpaired) electrons. The van der Waals surface area contributed by atoms with E-state index in [1.807, 2.05) is 30.3 Å². The molecular weight excluding hydrogens is 161 g/mol. The SMILES string of the molecule is NC(=O)/C=C/c1ccccc1.[H-].[Na+]. The van der Waals surface area contributed by atoms with Crippen LogP contribution in [0, 0.1) is 0 Å². The summed E-state index contributed by atoms with van der Waals surface area (Å²) in [5.74, 6) is -0.422. The molecule has 0 aliphatic carbocycles. The monoisotopic (exact) mass is 171 g/mol. The van der Waals surface area contributed by atoms with Crippen molar-refractivity contribution in [1.82, 2.24) is 0 Å². The minimum atomic E-state index is -0.422. The zero-order chi connectivity index (χ0) is 8.10. The number of rotatable bonds is 2. The van der Waals surface area contributed by atoms with Crippen molar-refractivity contribution in [3.05, 3.63) is 42.0 Å². The van der Waals surface area contributed by atoms with Crippen LogP contribution in [-0.2, 0) is 4.79 Å². The molecule has 0 aromatic heterocycles. The molecule has 0 aliphatic rings. The number of amides is 1. The summed E-state index contributed by atoms with van der Waals surface area (Å²) in [5.41, 5.74) is 5.89. The third kappa shape index (κ3) is 4.34. The van der Waals surface area contributed by atoms with Crippen molar-refractivity contribution < 1.29 is 35.8 Å². The van der Waals surface area contributed by atoms with Gasteiger partial charge in [-0.25, -0.2) is 0 Å². The topological polar surface area (TPSA) is 43.1 Å². The Morgan fingerprint density at radius 3 is 2.42 bits per heavy atom. The van der Waals surface area contributed by atoms with E-state index in [0.29, 0.717) is 0 Å². The molecule has 0 unspecified atom stereocenters. The summed E-state index contributed by atoms with van der Waals surface area (Å²) in [6, 6.07) is 9.53. The predicted octanol–water partition coefficient (Wildman–Crippen LogP) is -1.70. The number of carbonyl (C=O) groups excluding carboxylic acids is 1. The van der Waals surface area contributed by atoms with E-state index in [4.69, 9.17) is 5.73 Å². The summed E-state index contributed by atoms with van der Waals surface area (Å²) in [7, 11) is 0. The fourth-order valence-electron chi connectivity index (χ4n) is 0.743. The van der Waals surface area contributed by atoms with E-state index in [2.05, 4.69) is 0 Å². The molecule has 0 aliphatic heterocycles. The zero-order valence-electron chi connectivity index (χ0n) is 8.03. The molecular formula is C9H10NNaO. The number of benzene rings is 1. The maximum atomic E-state index is 10.3. The molecule has 0 saturated carbocycles. The Hall–Kier alpha value is -0.570. The third-order valence-corrected chi connectivity index (χ3v) is 1.24. The van der Waals surface area contributed by atoms with Crippen LogP contribution in [0.5, 0.6) is 0 Å². The van der Waals surface area contributed by atoms with E-state index >= 15 is 0 Å². The Morgan fingerprint density at radius 2 is 1.92 bits per heavy atom. The molecule has 0 bridgehead atoms. The standard InChI is InChI=1S/C9H9NO.Na.H/c10-9(11)7-6-8-4-2-1-3-5-8;;/h1-7H,(H2,10,11);;/q;+1;-1/b7-6+;;. The molecule has 58 valence electrons. The van der Waals surface area contributed by atoms with E-state index in [0.717, 1.165) is 5.56 Å². The van der Waals surface area contributed by atoms with Gasteiger partial charge in [0.2, 0.25) is 5.91 Å². The third-order valence-electron chi connectivity index (χ3n) is 1.24. The molecule has 0 spiro atoms. The molecule has 2 nitrogen and oxygen atoms in total. The average molecular weight is 171 g/mol. The first kappa shape index (κ1) is 11.4. The second-order valence-electron chi connectivity index (χ2n) is 2.15. The predicted molar refractivity (Wildman–Crippen MR) is 45.8 cm³/mol. The van der Waals surface area contributed by atoms with E-state index in [-0.39, 0.29) is 31.0 Å². The number of nitrogens with two attached hydrogens (primary N) is 1. The van der Waals surface area contributed by atoms with Crippen molar-refractivity contribution >= 4 is 12.0 Å². The second kappa shape index (κ2) is 6.00. The average Bonchev–Trinajstić information content (AvgIpc) is 2.03. The first-order valence-corrected chi connectivity index (χ1v) is 3.31. The van der Waals surface area contributed by atoms with Crippen LogP contribution in [-0.4, -0.2) is 5.91 Å². The van der Waals surface area contributed by atoms with Gasteiger partial charge in [-0.2, -0.15) is 0 Å². The van der Waals surface area contributed by atoms with Crippen molar-refractivity contribution in [2.45, 2.75) is 0 Å². The number of primary amides is 1. The van der Waals surface area contributed by atoms with Crippen molar-refractivity contribution in [2.24, 2.45) is 5.73 Å². The van der Waals surface area contributed by atoms with Crippen LogP contribution in [0.1, 0.15) is 6.99 Å². The van der Waals surface area contributed by atoms with Gasteiger partial charge in [-0.1, -0.05) is 30.3 Å². The minimum absolute atomic E-state index is 0. The summed E-state index contributed by atoms with van der Waals surface area (Å²) in [5, 5.41) is 0. The van der Waals surface area contributed by atoms with Gasteiger partial charge in [-0.05, 0) is 11.6 Å². The van der Waals surface area contributed by atoms with Crippen LogP contribution in [0.25, 0.3) is 6.08 Å². The second-order valence-corrected chi connectivity index (χ2v) is 2.15. The first-order chi connectivity index (χ1) is 5.29. The fraction of sp³-hybridized carbons (Fsp3) is 0. The summed E-state index contributed by atoms with van der Waals surface area (Å²) in [6.07, 6.45) is 3.03. The van der Waals surface area contributed by atoms with E-state index in [1.54, 1.807) is 6.08 Å². The Morgan fingerprint density at radius 1 is 1.33 bits per heavy atom. The summed E-state index contributed by atoms with van der Waals surface area (Å²) in [6.45, 7) is 0. The van der Waals surface area contributed by atoms with Gasteiger partial charge in [0.1, 0.15) is 0 Å². The van der Waals surface area contributed by atoms with Gasteiger partial charge < -0.3 is 7.16 Å².